The second-order valence-electron chi connectivity index (χ2n) is 4.93. The van der Waals surface area contributed by atoms with Crippen LogP contribution in [-0.2, 0) is 6.54 Å². The van der Waals surface area contributed by atoms with Crippen LogP contribution in [0.1, 0.15) is 32.8 Å². The first kappa shape index (κ1) is 16.3. The number of nitrogens with one attached hydrogen (secondary N) is 1. The lowest BCUT2D eigenvalue weighted by Gasteiger charge is -2.26. The van der Waals surface area contributed by atoms with Gasteiger partial charge in [-0.15, -0.1) is 0 Å². The molecule has 0 atom stereocenters. The van der Waals surface area contributed by atoms with Crippen molar-refractivity contribution in [2.45, 2.75) is 39.8 Å². The van der Waals surface area contributed by atoms with Gasteiger partial charge in [-0.1, -0.05) is 31.5 Å². The number of rotatable bonds is 8. The quantitative estimate of drug-likeness (QED) is 0.770. The first-order valence-corrected chi connectivity index (χ1v) is 7.34. The number of nitrogens with zero attached hydrogens (tertiary/aromatic N) is 1. The minimum absolute atomic E-state index is 0.219. The van der Waals surface area contributed by atoms with Gasteiger partial charge in [0.2, 0.25) is 0 Å². The van der Waals surface area contributed by atoms with Gasteiger partial charge in [-0.3, -0.25) is 0 Å². The van der Waals surface area contributed by atoms with E-state index in [1.54, 1.807) is 0 Å². The fraction of sp³-hybridized carbons (Fsp3) is 0.600. The molecule has 1 rings (SSSR count). The minimum Gasteiger partial charge on any atom is -0.396 e. The number of benzene rings is 1. The average Bonchev–Trinajstić information content (AvgIpc) is 2.38. The lowest BCUT2D eigenvalue weighted by atomic mass is 10.1. The van der Waals surface area contributed by atoms with Crippen LogP contribution in [0.3, 0.4) is 0 Å². The molecule has 3 nitrogen and oxygen atoms in total. The highest BCUT2D eigenvalue weighted by atomic mass is 35.5. The highest BCUT2D eigenvalue weighted by Gasteiger charge is 2.12. The third-order valence-electron chi connectivity index (χ3n) is 3.09. The largest absolute Gasteiger partial charge is 0.396 e. The standard InChI is InChI=1S/C15H25ClN2O/c1-4-18(9-6-10-19)15-8-5-7-14(16)13(15)11-17-12(2)3/h5,7-8,12,17,19H,4,6,9-11H2,1-3H3. The van der Waals surface area contributed by atoms with Crippen LogP contribution in [0.25, 0.3) is 0 Å². The second kappa shape index (κ2) is 8.41. The summed E-state index contributed by atoms with van der Waals surface area (Å²) in [5.74, 6) is 0. The predicted octanol–water partition coefficient (Wildman–Crippen LogP) is 3.05. The van der Waals surface area contributed by atoms with Gasteiger partial charge in [-0.25, -0.2) is 0 Å². The van der Waals surface area contributed by atoms with Gasteiger partial charge < -0.3 is 15.3 Å². The molecule has 0 heterocycles. The highest BCUT2D eigenvalue weighted by molar-refractivity contribution is 6.31. The van der Waals surface area contributed by atoms with E-state index in [1.807, 2.05) is 12.1 Å². The molecule has 2 N–H and O–H groups in total. The van der Waals surface area contributed by atoms with Gasteiger partial charge in [0.1, 0.15) is 0 Å². The van der Waals surface area contributed by atoms with Crippen molar-refractivity contribution < 1.29 is 5.11 Å². The Morgan fingerprint density at radius 2 is 2.11 bits per heavy atom. The van der Waals surface area contributed by atoms with Crippen molar-refractivity contribution in [1.29, 1.82) is 0 Å². The molecule has 0 amide bonds. The summed E-state index contributed by atoms with van der Waals surface area (Å²) in [6.07, 6.45) is 0.775. The minimum atomic E-state index is 0.219. The Balaban J connectivity index is 2.93. The van der Waals surface area contributed by atoms with E-state index in [4.69, 9.17) is 16.7 Å². The van der Waals surface area contributed by atoms with Crippen molar-refractivity contribution in [3.63, 3.8) is 0 Å². The average molecular weight is 285 g/mol. The van der Waals surface area contributed by atoms with Crippen LogP contribution in [0.5, 0.6) is 0 Å². The summed E-state index contributed by atoms with van der Waals surface area (Å²) in [5.41, 5.74) is 2.30. The first-order valence-electron chi connectivity index (χ1n) is 6.96. The van der Waals surface area contributed by atoms with E-state index in [9.17, 15) is 0 Å². The van der Waals surface area contributed by atoms with Crippen molar-refractivity contribution in [3.05, 3.63) is 28.8 Å². The molecule has 0 spiro atoms. The molecule has 1 aromatic carbocycles. The molecule has 4 heteroatoms. The zero-order valence-corrected chi connectivity index (χ0v) is 12.9. The summed E-state index contributed by atoms with van der Waals surface area (Å²) >= 11 is 6.33. The molecule has 0 saturated heterocycles. The number of hydrogen-bond acceptors (Lipinski definition) is 3. The van der Waals surface area contributed by atoms with Crippen LogP contribution in [-0.4, -0.2) is 30.8 Å². The summed E-state index contributed by atoms with van der Waals surface area (Å²) in [4.78, 5) is 2.26. The third kappa shape index (κ3) is 5.01. The van der Waals surface area contributed by atoms with E-state index >= 15 is 0 Å². The molecule has 0 bridgehead atoms. The van der Waals surface area contributed by atoms with Gasteiger partial charge in [0.25, 0.3) is 0 Å². The lowest BCUT2D eigenvalue weighted by Crippen LogP contribution is -2.28. The van der Waals surface area contributed by atoms with Gasteiger partial charge in [-0.2, -0.15) is 0 Å². The molecule has 0 unspecified atom stereocenters. The van der Waals surface area contributed by atoms with Crippen LogP contribution in [0.4, 0.5) is 5.69 Å². The molecule has 0 aliphatic rings. The van der Waals surface area contributed by atoms with Crippen molar-refractivity contribution >= 4 is 17.3 Å². The van der Waals surface area contributed by atoms with E-state index in [2.05, 4.69) is 37.1 Å². The molecular weight excluding hydrogens is 260 g/mol. The molecule has 1 aromatic rings. The maximum Gasteiger partial charge on any atom is 0.0471 e. The van der Waals surface area contributed by atoms with E-state index in [0.29, 0.717) is 6.04 Å². The van der Waals surface area contributed by atoms with Crippen LogP contribution < -0.4 is 10.2 Å². The molecule has 19 heavy (non-hydrogen) atoms. The number of hydrogen-bond donors (Lipinski definition) is 2. The number of halogens is 1. The van der Waals surface area contributed by atoms with E-state index in [1.165, 1.54) is 0 Å². The molecule has 0 aromatic heterocycles. The molecule has 108 valence electrons. The third-order valence-corrected chi connectivity index (χ3v) is 3.44. The van der Waals surface area contributed by atoms with Crippen molar-refractivity contribution in [3.8, 4) is 0 Å². The Bertz CT molecular complexity index is 382. The van der Waals surface area contributed by atoms with Gasteiger partial charge in [0, 0.05) is 48.6 Å². The fourth-order valence-corrected chi connectivity index (χ4v) is 2.27. The monoisotopic (exact) mass is 284 g/mol. The Hall–Kier alpha value is -0.770. The van der Waals surface area contributed by atoms with Crippen molar-refractivity contribution in [2.24, 2.45) is 0 Å². The SMILES string of the molecule is CCN(CCCO)c1cccc(Cl)c1CNC(C)C. The van der Waals surface area contributed by atoms with E-state index < -0.39 is 0 Å². The molecular formula is C15H25ClN2O. The number of aliphatic hydroxyl groups is 1. The smallest absolute Gasteiger partial charge is 0.0471 e. The lowest BCUT2D eigenvalue weighted by molar-refractivity contribution is 0.289. The number of anilines is 1. The normalized spacial score (nSPS) is 11.1. The van der Waals surface area contributed by atoms with E-state index in [-0.39, 0.29) is 6.61 Å². The molecule has 0 aliphatic heterocycles. The summed E-state index contributed by atoms with van der Waals surface area (Å²) < 4.78 is 0. The Labute approximate surface area is 121 Å². The Kier molecular flexibility index (Phi) is 7.21. The summed E-state index contributed by atoms with van der Waals surface area (Å²) in [7, 11) is 0. The molecule has 0 fully saturated rings. The van der Waals surface area contributed by atoms with Gasteiger partial charge in [0.15, 0.2) is 0 Å². The maximum atomic E-state index is 8.99. The van der Waals surface area contributed by atoms with Crippen LogP contribution in [0.2, 0.25) is 5.02 Å². The Morgan fingerprint density at radius 3 is 2.68 bits per heavy atom. The molecule has 0 saturated carbocycles. The predicted molar refractivity (Wildman–Crippen MR) is 83.0 cm³/mol. The zero-order valence-electron chi connectivity index (χ0n) is 12.1. The summed E-state index contributed by atoms with van der Waals surface area (Å²) in [6, 6.07) is 6.45. The van der Waals surface area contributed by atoms with Crippen molar-refractivity contribution in [1.82, 2.24) is 5.32 Å². The van der Waals surface area contributed by atoms with Gasteiger partial charge in [-0.05, 0) is 25.5 Å². The maximum absolute atomic E-state index is 8.99. The topological polar surface area (TPSA) is 35.5 Å². The highest BCUT2D eigenvalue weighted by Crippen LogP contribution is 2.27. The summed E-state index contributed by atoms with van der Waals surface area (Å²) in [5, 5.41) is 13.2. The number of aliphatic hydroxyl groups excluding tert-OH is 1. The molecule has 0 aliphatic carbocycles. The zero-order chi connectivity index (χ0) is 14.3. The van der Waals surface area contributed by atoms with Gasteiger partial charge >= 0.3 is 0 Å². The Morgan fingerprint density at radius 1 is 1.37 bits per heavy atom. The first-order chi connectivity index (χ1) is 9.10. The van der Waals surface area contributed by atoms with Crippen LogP contribution in [0.15, 0.2) is 18.2 Å². The fourth-order valence-electron chi connectivity index (χ4n) is 2.04. The molecule has 0 radical (unpaired) electrons. The van der Waals surface area contributed by atoms with Crippen LogP contribution >= 0.6 is 11.6 Å². The second-order valence-corrected chi connectivity index (χ2v) is 5.34. The van der Waals surface area contributed by atoms with Gasteiger partial charge in [0.05, 0.1) is 0 Å². The van der Waals surface area contributed by atoms with E-state index in [0.717, 1.165) is 42.3 Å². The van der Waals surface area contributed by atoms with Crippen molar-refractivity contribution in [2.75, 3.05) is 24.6 Å². The van der Waals surface area contributed by atoms with Crippen LogP contribution in [0, 0.1) is 0 Å². The summed E-state index contributed by atoms with van der Waals surface area (Å²) in [6.45, 7) is 9.12.